The van der Waals surface area contributed by atoms with E-state index in [4.69, 9.17) is 5.73 Å². The van der Waals surface area contributed by atoms with Crippen LogP contribution in [0.5, 0.6) is 0 Å². The van der Waals surface area contributed by atoms with Crippen molar-refractivity contribution in [3.8, 4) is 22.5 Å². The smallest absolute Gasteiger partial charge is 0.252 e. The van der Waals surface area contributed by atoms with E-state index in [1.807, 2.05) is 60.4 Å². The molecule has 4 aromatic carbocycles. The number of hydrogen-bond donors (Lipinski definition) is 3. The maximum absolute atomic E-state index is 13.3. The number of hydrogen-bond acceptors (Lipinski definition) is 8. The Bertz CT molecular complexity index is 2720. The summed E-state index contributed by atoms with van der Waals surface area (Å²) in [6.45, 7) is 5.45. The molecule has 3 aromatic heterocycles. The molecule has 0 aliphatic heterocycles. The van der Waals surface area contributed by atoms with Gasteiger partial charge in [-0.1, -0.05) is 84.1 Å². The summed E-state index contributed by atoms with van der Waals surface area (Å²) in [5, 5.41) is 2.74. The van der Waals surface area contributed by atoms with Gasteiger partial charge in [0, 0.05) is 12.5 Å². The lowest BCUT2D eigenvalue weighted by molar-refractivity contribution is -0.114. The number of benzene rings is 4. The van der Waals surface area contributed by atoms with Crippen molar-refractivity contribution in [2.45, 2.75) is 73.8 Å². The molecule has 0 spiro atoms. The third kappa shape index (κ3) is 8.70. The number of anilines is 1. The monoisotopic (exact) mass is 846 g/mol. The van der Waals surface area contributed by atoms with Gasteiger partial charge in [-0.15, -0.1) is 0 Å². The van der Waals surface area contributed by atoms with E-state index >= 15 is 0 Å². The number of carbonyl (C=O) groups excluding carboxylic acids is 1. The number of nitrogens with one attached hydrogen (secondary N) is 2. The fourth-order valence-corrected chi connectivity index (χ4v) is 9.83. The molecule has 2 aliphatic rings. The van der Waals surface area contributed by atoms with E-state index in [1.165, 1.54) is 42.9 Å². The van der Waals surface area contributed by atoms with Gasteiger partial charge in [0.05, 0.1) is 60.3 Å². The molecule has 0 saturated heterocycles. The lowest BCUT2D eigenvalue weighted by Gasteiger charge is -2.19. The Labute approximate surface area is 351 Å². The lowest BCUT2D eigenvalue weighted by Crippen LogP contribution is -2.34. The zero-order valence-electron chi connectivity index (χ0n) is 33.2. The van der Waals surface area contributed by atoms with Crippen molar-refractivity contribution in [3.63, 3.8) is 0 Å². The van der Waals surface area contributed by atoms with E-state index in [1.54, 1.807) is 24.7 Å². The second-order valence-electron chi connectivity index (χ2n) is 15.5. The number of aromatic nitrogens is 5. The molecule has 11 nitrogen and oxygen atoms in total. The maximum atomic E-state index is 13.3. The summed E-state index contributed by atoms with van der Waals surface area (Å²) < 4.78 is 59.5. The molecule has 2 saturated carbocycles. The Morgan fingerprint density at radius 2 is 1.18 bits per heavy atom. The molecule has 0 bridgehead atoms. The molecule has 308 valence electrons. The standard InChI is InChI=1S/C25H24FN5O3S2.C20H20FN3/c1-16(18-5-9-21(26)10-6-18)31-15-27-13-22(31)19-3-7-20(8-4-19)25(11-12-25)30-36(33,34)23-14-28-24(35-23)29-17(2)32;1-14(15-4-8-18(21)9-5-15)24-13-23-12-19(24)16-2-6-17(7-3-16)20(22)10-11-20/h3-10,13-16,30H,11-12H2,1-2H3,(H,28,29,32);2-9,12-14H,10-11,22H2,1H3/t16-;14-/m11/s1. The molecule has 2 aliphatic carbocycles. The molecule has 0 radical (unpaired) electrons. The van der Waals surface area contributed by atoms with Gasteiger partial charge in [0.2, 0.25) is 5.91 Å². The van der Waals surface area contributed by atoms with Crippen molar-refractivity contribution in [1.29, 1.82) is 0 Å². The molecular formula is C45H44F2N8O3S2. The zero-order valence-corrected chi connectivity index (χ0v) is 34.9. The number of nitrogens with zero attached hydrogens (tertiary/aromatic N) is 5. The third-order valence-electron chi connectivity index (χ3n) is 11.3. The molecule has 2 fully saturated rings. The summed E-state index contributed by atoms with van der Waals surface area (Å²) in [6, 6.07) is 29.3. The van der Waals surface area contributed by atoms with Gasteiger partial charge in [-0.25, -0.2) is 32.2 Å². The average molecular weight is 847 g/mol. The van der Waals surface area contributed by atoms with Crippen LogP contribution < -0.4 is 15.8 Å². The highest BCUT2D eigenvalue weighted by molar-refractivity contribution is 7.91. The highest BCUT2D eigenvalue weighted by atomic mass is 32.2. The van der Waals surface area contributed by atoms with Crippen LogP contribution in [0.2, 0.25) is 0 Å². The minimum Gasteiger partial charge on any atom is -0.323 e. The van der Waals surface area contributed by atoms with Gasteiger partial charge >= 0.3 is 0 Å². The first kappa shape index (κ1) is 40.9. The SMILES string of the molecule is CC(=O)Nc1ncc(S(=O)(=O)NC2(c3ccc(-c4cncn4[C@H](C)c4ccc(F)cc4)cc3)CC2)s1.C[C@H](c1ccc(F)cc1)n1cncc1-c1ccc(C2(N)CC2)cc1. The highest BCUT2D eigenvalue weighted by Crippen LogP contribution is 2.47. The Morgan fingerprint density at radius 3 is 1.62 bits per heavy atom. The molecule has 4 N–H and O–H groups in total. The van der Waals surface area contributed by atoms with Crippen molar-refractivity contribution in [2.24, 2.45) is 5.73 Å². The molecule has 2 atom stereocenters. The number of carbonyl (C=O) groups is 1. The summed E-state index contributed by atoms with van der Waals surface area (Å²) in [5.41, 5.74) is 13.5. The minimum atomic E-state index is -3.81. The lowest BCUT2D eigenvalue weighted by atomic mass is 10.0. The van der Waals surface area contributed by atoms with E-state index < -0.39 is 15.6 Å². The van der Waals surface area contributed by atoms with E-state index in [9.17, 15) is 22.0 Å². The summed E-state index contributed by atoms with van der Waals surface area (Å²) in [7, 11) is -3.81. The average Bonchev–Trinajstić information content (AvgIpc) is 3.90. The van der Waals surface area contributed by atoms with Crippen molar-refractivity contribution < 1.29 is 22.0 Å². The predicted octanol–water partition coefficient (Wildman–Crippen LogP) is 8.93. The Morgan fingerprint density at radius 1 is 0.717 bits per heavy atom. The Kier molecular flexibility index (Phi) is 11.1. The number of imidazole rings is 2. The van der Waals surface area contributed by atoms with Crippen molar-refractivity contribution in [2.75, 3.05) is 5.32 Å². The number of nitrogens with two attached hydrogens (primary N) is 1. The number of halogens is 2. The van der Waals surface area contributed by atoms with E-state index in [-0.39, 0.29) is 44.5 Å². The summed E-state index contributed by atoms with van der Waals surface area (Å²) in [4.78, 5) is 23.8. The van der Waals surface area contributed by atoms with Crippen LogP contribution >= 0.6 is 11.3 Å². The maximum Gasteiger partial charge on any atom is 0.252 e. The summed E-state index contributed by atoms with van der Waals surface area (Å²) in [5.74, 6) is -0.808. The third-order valence-corrected chi connectivity index (χ3v) is 14.2. The largest absolute Gasteiger partial charge is 0.323 e. The molecule has 3 heterocycles. The second kappa shape index (κ2) is 16.3. The number of rotatable bonds is 12. The number of thiazole rings is 1. The fourth-order valence-electron chi connectivity index (χ4n) is 7.31. The van der Waals surface area contributed by atoms with Crippen LogP contribution in [-0.2, 0) is 25.9 Å². The molecular weight excluding hydrogens is 803 g/mol. The van der Waals surface area contributed by atoms with Gasteiger partial charge in [0.1, 0.15) is 11.6 Å². The van der Waals surface area contributed by atoms with Gasteiger partial charge in [0.25, 0.3) is 10.0 Å². The molecule has 15 heteroatoms. The quantitative estimate of drug-likeness (QED) is 0.111. The number of sulfonamides is 1. The topological polar surface area (TPSA) is 150 Å². The number of amides is 1. The van der Waals surface area contributed by atoms with Crippen LogP contribution in [-0.4, -0.2) is 38.4 Å². The van der Waals surface area contributed by atoms with Crippen molar-refractivity contribution in [1.82, 2.24) is 28.8 Å². The van der Waals surface area contributed by atoms with Gasteiger partial charge in [-0.05, 0) is 97.2 Å². The van der Waals surface area contributed by atoms with Crippen molar-refractivity contribution in [3.05, 3.63) is 162 Å². The van der Waals surface area contributed by atoms with Crippen LogP contribution in [0.25, 0.3) is 22.5 Å². The highest BCUT2D eigenvalue weighted by Gasteiger charge is 2.48. The zero-order chi connectivity index (χ0) is 42.2. The Balaban J connectivity index is 0.000000180. The second-order valence-corrected chi connectivity index (χ2v) is 18.4. The van der Waals surface area contributed by atoms with E-state index in [0.29, 0.717) is 12.8 Å². The Hall–Kier alpha value is -5.87. The molecule has 9 rings (SSSR count). The van der Waals surface area contributed by atoms with Crippen LogP contribution in [0.3, 0.4) is 0 Å². The molecule has 60 heavy (non-hydrogen) atoms. The first-order valence-electron chi connectivity index (χ1n) is 19.6. The van der Waals surface area contributed by atoms with Gasteiger partial charge in [-0.2, -0.15) is 4.72 Å². The van der Waals surface area contributed by atoms with Crippen LogP contribution in [0, 0.1) is 11.6 Å². The van der Waals surface area contributed by atoms with Crippen LogP contribution in [0.15, 0.2) is 133 Å². The van der Waals surface area contributed by atoms with Crippen LogP contribution in [0.1, 0.15) is 80.8 Å². The van der Waals surface area contributed by atoms with Gasteiger partial charge in [-0.3, -0.25) is 4.79 Å². The van der Waals surface area contributed by atoms with Crippen molar-refractivity contribution >= 4 is 32.4 Å². The van der Waals surface area contributed by atoms with E-state index in [0.717, 1.165) is 63.4 Å². The molecule has 7 aromatic rings. The minimum absolute atomic E-state index is 0.0489. The van der Waals surface area contributed by atoms with E-state index in [2.05, 4.69) is 60.7 Å². The normalized spacial score (nSPS) is 16.0. The van der Waals surface area contributed by atoms with Crippen LogP contribution in [0.4, 0.5) is 13.9 Å². The summed E-state index contributed by atoms with van der Waals surface area (Å²) in [6.07, 6.45) is 12.0. The predicted molar refractivity (Wildman–Crippen MR) is 229 cm³/mol. The first-order chi connectivity index (χ1) is 28.7. The fraction of sp³-hybridized carbons (Fsp3) is 0.244. The van der Waals surface area contributed by atoms with Gasteiger partial charge < -0.3 is 20.2 Å². The summed E-state index contributed by atoms with van der Waals surface area (Å²) >= 11 is 0.912. The molecule has 1 amide bonds. The molecule has 0 unspecified atom stereocenters. The first-order valence-corrected chi connectivity index (χ1v) is 21.9. The van der Waals surface area contributed by atoms with Gasteiger partial charge in [0.15, 0.2) is 9.34 Å².